The third-order valence-electron chi connectivity index (χ3n) is 4.92. The van der Waals surface area contributed by atoms with Crippen LogP contribution < -0.4 is 0 Å². The molecule has 0 heterocycles. The van der Waals surface area contributed by atoms with Gasteiger partial charge in [0.2, 0.25) is 0 Å². The first-order valence-electron chi connectivity index (χ1n) is 6.09. The summed E-state index contributed by atoms with van der Waals surface area (Å²) in [6.07, 6.45) is 1.38. The Hall–Kier alpha value is 0. The molecule has 2 aliphatic rings. The largest absolute Gasteiger partial charge is 0.0651 e. The zero-order chi connectivity index (χ0) is 9.75. The van der Waals surface area contributed by atoms with Gasteiger partial charge in [0, 0.05) is 0 Å². The van der Waals surface area contributed by atoms with Gasteiger partial charge in [-0.25, -0.2) is 0 Å². The lowest BCUT2D eigenvalue weighted by Gasteiger charge is -2.36. The van der Waals surface area contributed by atoms with Gasteiger partial charge in [-0.05, 0) is 41.4 Å². The Kier molecular flexibility index (Phi) is 2.20. The topological polar surface area (TPSA) is 0 Å². The van der Waals surface area contributed by atoms with Crippen LogP contribution in [-0.4, -0.2) is 0 Å². The van der Waals surface area contributed by atoms with Gasteiger partial charge in [-0.15, -0.1) is 0 Å². The Balaban J connectivity index is 1.96. The summed E-state index contributed by atoms with van der Waals surface area (Å²) in [5.74, 6) is 7.36. The van der Waals surface area contributed by atoms with Crippen molar-refractivity contribution >= 4 is 0 Å². The molecule has 0 aromatic carbocycles. The number of fused-ring (bicyclic) bond motifs is 1. The zero-order valence-electron chi connectivity index (χ0n) is 9.75. The molecule has 0 radical (unpaired) electrons. The van der Waals surface area contributed by atoms with Gasteiger partial charge in [-0.2, -0.15) is 0 Å². The second-order valence-electron chi connectivity index (χ2n) is 5.80. The van der Waals surface area contributed by atoms with E-state index in [0.717, 1.165) is 41.4 Å². The van der Waals surface area contributed by atoms with Crippen molar-refractivity contribution in [2.45, 2.75) is 41.0 Å². The van der Waals surface area contributed by atoms with Gasteiger partial charge in [0.1, 0.15) is 0 Å². The Morgan fingerprint density at radius 2 is 1.62 bits per heavy atom. The van der Waals surface area contributed by atoms with Gasteiger partial charge in [0.05, 0.1) is 0 Å². The van der Waals surface area contributed by atoms with Crippen LogP contribution in [-0.2, 0) is 0 Å². The fourth-order valence-electron chi connectivity index (χ4n) is 4.14. The van der Waals surface area contributed by atoms with Gasteiger partial charge in [-0.3, -0.25) is 0 Å². The molecule has 0 saturated heterocycles. The van der Waals surface area contributed by atoms with E-state index < -0.39 is 0 Å². The average Bonchev–Trinajstić information content (AvgIpc) is 2.71. The van der Waals surface area contributed by atoms with E-state index >= 15 is 0 Å². The minimum atomic E-state index is 0.922. The molecule has 2 rings (SSSR count). The Morgan fingerprint density at radius 3 is 2.00 bits per heavy atom. The summed E-state index contributed by atoms with van der Waals surface area (Å²) in [5.41, 5.74) is 0. The Labute approximate surface area is 83.1 Å². The average molecular weight is 180 g/mol. The number of rotatable bonds is 3. The minimum absolute atomic E-state index is 0.922. The van der Waals surface area contributed by atoms with Gasteiger partial charge >= 0.3 is 0 Å². The zero-order valence-corrected chi connectivity index (χ0v) is 9.75. The van der Waals surface area contributed by atoms with Gasteiger partial charge in [-0.1, -0.05) is 41.0 Å². The van der Waals surface area contributed by atoms with Crippen LogP contribution in [0.5, 0.6) is 0 Å². The van der Waals surface area contributed by atoms with Gasteiger partial charge in [0.15, 0.2) is 0 Å². The molecule has 0 heteroatoms. The molecule has 0 aromatic rings. The summed E-state index contributed by atoms with van der Waals surface area (Å²) < 4.78 is 0. The van der Waals surface area contributed by atoms with Crippen LogP contribution >= 0.6 is 0 Å². The Bertz CT molecular complexity index is 194. The quantitative estimate of drug-likeness (QED) is 0.619. The third kappa shape index (κ3) is 1.17. The smallest absolute Gasteiger partial charge is 0.0313 e. The van der Waals surface area contributed by atoms with Gasteiger partial charge in [0.25, 0.3) is 0 Å². The van der Waals surface area contributed by atoms with E-state index in [1.807, 2.05) is 0 Å². The van der Waals surface area contributed by atoms with E-state index in [2.05, 4.69) is 34.6 Å². The molecule has 0 spiro atoms. The standard InChI is InChI=1S/C13H24/c1-6-8(4)11-12-9(5)10(7(2)3)13(11)12/h7-13H,6H2,1-5H3. The lowest BCUT2D eigenvalue weighted by molar-refractivity contribution is 0.119. The molecule has 13 heavy (non-hydrogen) atoms. The third-order valence-corrected chi connectivity index (χ3v) is 4.92. The van der Waals surface area contributed by atoms with E-state index in [1.54, 1.807) is 0 Å². The van der Waals surface area contributed by atoms with E-state index in [0.29, 0.717) is 0 Å². The maximum absolute atomic E-state index is 2.48. The molecular formula is C13H24. The van der Waals surface area contributed by atoms with Crippen LogP contribution in [0.25, 0.3) is 0 Å². The van der Waals surface area contributed by atoms with Crippen molar-refractivity contribution in [3.63, 3.8) is 0 Å². The molecule has 0 aromatic heterocycles. The molecule has 6 atom stereocenters. The second-order valence-corrected chi connectivity index (χ2v) is 5.80. The predicted octanol–water partition coefficient (Wildman–Crippen LogP) is 3.82. The lowest BCUT2D eigenvalue weighted by atomic mass is 9.69. The molecule has 2 aliphatic carbocycles. The molecule has 0 nitrogen and oxygen atoms in total. The second kappa shape index (κ2) is 3.00. The van der Waals surface area contributed by atoms with Crippen LogP contribution in [0.2, 0.25) is 0 Å². The summed E-state index contributed by atoms with van der Waals surface area (Å²) in [4.78, 5) is 0. The van der Waals surface area contributed by atoms with E-state index in [-0.39, 0.29) is 0 Å². The highest BCUT2D eigenvalue weighted by atomic mass is 14.7. The van der Waals surface area contributed by atoms with E-state index in [9.17, 15) is 0 Å². The maximum Gasteiger partial charge on any atom is -0.0313 e. The van der Waals surface area contributed by atoms with Gasteiger partial charge < -0.3 is 0 Å². The van der Waals surface area contributed by atoms with Crippen LogP contribution in [0, 0.1) is 41.4 Å². The molecule has 0 amide bonds. The van der Waals surface area contributed by atoms with Crippen LogP contribution in [0.1, 0.15) is 41.0 Å². The van der Waals surface area contributed by atoms with Crippen LogP contribution in [0.15, 0.2) is 0 Å². The molecule has 0 bridgehead atoms. The first-order valence-corrected chi connectivity index (χ1v) is 6.09. The fourth-order valence-corrected chi connectivity index (χ4v) is 4.14. The van der Waals surface area contributed by atoms with Crippen LogP contribution in [0.4, 0.5) is 0 Å². The van der Waals surface area contributed by atoms with Crippen molar-refractivity contribution in [1.29, 1.82) is 0 Å². The van der Waals surface area contributed by atoms with Crippen molar-refractivity contribution in [3.05, 3.63) is 0 Å². The van der Waals surface area contributed by atoms with Crippen molar-refractivity contribution in [3.8, 4) is 0 Å². The molecule has 2 fully saturated rings. The van der Waals surface area contributed by atoms with Crippen LogP contribution in [0.3, 0.4) is 0 Å². The first-order chi connectivity index (χ1) is 6.09. The minimum Gasteiger partial charge on any atom is -0.0651 e. The fraction of sp³-hybridized carbons (Fsp3) is 1.00. The first kappa shape index (κ1) is 9.55. The highest BCUT2D eigenvalue weighted by Crippen LogP contribution is 2.72. The number of hydrogen-bond donors (Lipinski definition) is 0. The molecule has 6 unspecified atom stereocenters. The molecule has 0 aliphatic heterocycles. The summed E-state index contributed by atoms with van der Waals surface area (Å²) >= 11 is 0. The summed E-state index contributed by atoms with van der Waals surface area (Å²) in [6.45, 7) is 12.1. The monoisotopic (exact) mass is 180 g/mol. The molecular weight excluding hydrogens is 156 g/mol. The summed E-state index contributed by atoms with van der Waals surface area (Å²) in [5, 5.41) is 0. The van der Waals surface area contributed by atoms with Crippen molar-refractivity contribution in [1.82, 2.24) is 0 Å². The molecule has 2 saturated carbocycles. The summed E-state index contributed by atoms with van der Waals surface area (Å²) in [7, 11) is 0. The molecule has 0 N–H and O–H groups in total. The highest BCUT2D eigenvalue weighted by Gasteiger charge is 2.68. The number of hydrogen-bond acceptors (Lipinski definition) is 0. The van der Waals surface area contributed by atoms with E-state index in [1.165, 1.54) is 6.42 Å². The highest BCUT2D eigenvalue weighted by molar-refractivity contribution is 5.15. The predicted molar refractivity (Wildman–Crippen MR) is 57.4 cm³/mol. The van der Waals surface area contributed by atoms with Crippen molar-refractivity contribution in [2.75, 3.05) is 0 Å². The maximum atomic E-state index is 2.48. The van der Waals surface area contributed by atoms with Crippen molar-refractivity contribution < 1.29 is 0 Å². The van der Waals surface area contributed by atoms with E-state index in [4.69, 9.17) is 0 Å². The molecule has 76 valence electrons. The normalized spacial score (nSPS) is 49.8. The van der Waals surface area contributed by atoms with Crippen molar-refractivity contribution in [2.24, 2.45) is 41.4 Å². The summed E-state index contributed by atoms with van der Waals surface area (Å²) in [6, 6.07) is 0. The lowest BCUT2D eigenvalue weighted by Crippen LogP contribution is -2.31. The SMILES string of the molecule is CCC(C)C1C2C(C)C(C(C)C)C12. The Morgan fingerprint density at radius 1 is 1.00 bits per heavy atom.